The molecule has 21 heavy (non-hydrogen) atoms. The molecule has 0 spiro atoms. The number of nitrogens with one attached hydrogen (secondary N) is 1. The predicted molar refractivity (Wildman–Crippen MR) is 84.5 cm³/mol. The Bertz CT molecular complexity index is 689. The van der Waals surface area contributed by atoms with Gasteiger partial charge in [0.15, 0.2) is 0 Å². The molecule has 2 rings (SSSR count). The quantitative estimate of drug-likeness (QED) is 0.855. The first kappa shape index (κ1) is 15.1. The van der Waals surface area contributed by atoms with Gasteiger partial charge in [-0.15, -0.1) is 0 Å². The minimum Gasteiger partial charge on any atom is -0.398 e. The average Bonchev–Trinajstić information content (AvgIpc) is 2.37. The second kappa shape index (κ2) is 6.01. The van der Waals surface area contributed by atoms with Crippen LogP contribution in [0.3, 0.4) is 0 Å². The largest absolute Gasteiger partial charge is 0.398 e. The summed E-state index contributed by atoms with van der Waals surface area (Å²) in [7, 11) is 3.70. The minimum absolute atomic E-state index is 0.0842. The number of amides is 1. The third kappa shape index (κ3) is 3.44. The van der Waals surface area contributed by atoms with Gasteiger partial charge in [-0.3, -0.25) is 4.79 Å². The van der Waals surface area contributed by atoms with E-state index in [0.29, 0.717) is 10.7 Å². The molecule has 0 bridgehead atoms. The average molecular weight is 308 g/mol. The summed E-state index contributed by atoms with van der Waals surface area (Å²) in [6.07, 6.45) is 0. The summed E-state index contributed by atoms with van der Waals surface area (Å²) in [5.41, 5.74) is 7.32. The Hall–Kier alpha value is -2.27. The van der Waals surface area contributed by atoms with Crippen LogP contribution in [0.1, 0.15) is 10.4 Å². The number of halogens is 2. The Labute approximate surface area is 127 Å². The topological polar surface area (TPSA) is 58.4 Å². The fourth-order valence-electron chi connectivity index (χ4n) is 1.93. The first-order chi connectivity index (χ1) is 9.88. The molecule has 2 aromatic rings. The van der Waals surface area contributed by atoms with Crippen molar-refractivity contribution < 1.29 is 9.18 Å². The van der Waals surface area contributed by atoms with Crippen molar-refractivity contribution in [1.29, 1.82) is 0 Å². The van der Waals surface area contributed by atoms with Crippen LogP contribution in [-0.2, 0) is 0 Å². The van der Waals surface area contributed by atoms with Crippen molar-refractivity contribution in [1.82, 2.24) is 0 Å². The summed E-state index contributed by atoms with van der Waals surface area (Å²) in [6.45, 7) is 0. The fraction of sp³-hybridized carbons (Fsp3) is 0.133. The van der Waals surface area contributed by atoms with E-state index >= 15 is 0 Å². The number of hydrogen-bond donors (Lipinski definition) is 2. The number of hydrogen-bond acceptors (Lipinski definition) is 3. The highest BCUT2D eigenvalue weighted by molar-refractivity contribution is 6.31. The smallest absolute Gasteiger partial charge is 0.257 e. The second-order valence-corrected chi connectivity index (χ2v) is 5.18. The number of nitrogens with zero attached hydrogens (tertiary/aromatic N) is 1. The Kier molecular flexibility index (Phi) is 4.33. The lowest BCUT2D eigenvalue weighted by atomic mass is 10.1. The van der Waals surface area contributed by atoms with Gasteiger partial charge in [-0.1, -0.05) is 11.6 Å². The molecule has 6 heteroatoms. The summed E-state index contributed by atoms with van der Waals surface area (Å²) in [5.74, 6) is -0.904. The van der Waals surface area contributed by atoms with E-state index in [4.69, 9.17) is 17.3 Å². The maximum atomic E-state index is 13.0. The number of nitrogens with two attached hydrogens (primary N) is 1. The number of benzene rings is 2. The van der Waals surface area contributed by atoms with Crippen LogP contribution >= 0.6 is 11.6 Å². The van der Waals surface area contributed by atoms with Gasteiger partial charge in [-0.25, -0.2) is 4.39 Å². The molecule has 110 valence electrons. The minimum atomic E-state index is -0.485. The van der Waals surface area contributed by atoms with Crippen molar-refractivity contribution in [2.24, 2.45) is 0 Å². The van der Waals surface area contributed by atoms with Crippen LogP contribution in [0.2, 0.25) is 5.02 Å². The van der Waals surface area contributed by atoms with Gasteiger partial charge in [0.25, 0.3) is 5.91 Å². The highest BCUT2D eigenvalue weighted by Gasteiger charge is 2.14. The van der Waals surface area contributed by atoms with Crippen molar-refractivity contribution >= 4 is 34.6 Å². The van der Waals surface area contributed by atoms with Gasteiger partial charge in [0.1, 0.15) is 5.82 Å². The summed E-state index contributed by atoms with van der Waals surface area (Å²) < 4.78 is 13.0. The molecule has 0 atom stereocenters. The Balaban J connectivity index is 2.33. The second-order valence-electron chi connectivity index (χ2n) is 4.74. The molecule has 0 saturated carbocycles. The third-order valence-corrected chi connectivity index (χ3v) is 3.18. The van der Waals surface area contributed by atoms with Crippen LogP contribution in [0.15, 0.2) is 36.4 Å². The monoisotopic (exact) mass is 307 g/mol. The lowest BCUT2D eigenvalue weighted by Gasteiger charge is -2.18. The van der Waals surface area contributed by atoms with Crippen LogP contribution in [0.4, 0.5) is 21.5 Å². The molecule has 0 heterocycles. The molecule has 0 unspecified atom stereocenters. The molecule has 0 aliphatic heterocycles. The number of carbonyl (C=O) groups is 1. The Morgan fingerprint density at radius 2 is 1.95 bits per heavy atom. The van der Waals surface area contributed by atoms with Gasteiger partial charge in [-0.05, 0) is 36.4 Å². The maximum absolute atomic E-state index is 13.0. The summed E-state index contributed by atoms with van der Waals surface area (Å²) in [5, 5.41) is 3.24. The van der Waals surface area contributed by atoms with Crippen LogP contribution < -0.4 is 16.0 Å². The Morgan fingerprint density at radius 1 is 1.24 bits per heavy atom. The van der Waals surface area contributed by atoms with Gasteiger partial charge in [-0.2, -0.15) is 0 Å². The molecule has 4 nitrogen and oxygen atoms in total. The third-order valence-electron chi connectivity index (χ3n) is 2.95. The summed E-state index contributed by atoms with van der Waals surface area (Å²) >= 11 is 5.96. The van der Waals surface area contributed by atoms with Crippen molar-refractivity contribution in [3.05, 3.63) is 52.8 Å². The van der Waals surface area contributed by atoms with Crippen molar-refractivity contribution in [3.63, 3.8) is 0 Å². The van der Waals surface area contributed by atoms with E-state index in [9.17, 15) is 9.18 Å². The van der Waals surface area contributed by atoms with Crippen LogP contribution in [-0.4, -0.2) is 20.0 Å². The van der Waals surface area contributed by atoms with Crippen LogP contribution in [0.5, 0.6) is 0 Å². The lowest BCUT2D eigenvalue weighted by Crippen LogP contribution is -2.17. The number of carbonyl (C=O) groups excluding carboxylic acids is 1. The van der Waals surface area contributed by atoms with Crippen molar-refractivity contribution in [2.75, 3.05) is 30.0 Å². The van der Waals surface area contributed by atoms with Crippen LogP contribution in [0, 0.1) is 5.82 Å². The molecular weight excluding hydrogens is 293 g/mol. The van der Waals surface area contributed by atoms with E-state index in [2.05, 4.69) is 5.32 Å². The molecule has 0 aliphatic carbocycles. The van der Waals surface area contributed by atoms with Crippen molar-refractivity contribution in [3.8, 4) is 0 Å². The lowest BCUT2D eigenvalue weighted by molar-refractivity contribution is 0.102. The zero-order valence-corrected chi connectivity index (χ0v) is 12.4. The molecule has 0 saturated heterocycles. The number of rotatable bonds is 3. The van der Waals surface area contributed by atoms with Gasteiger partial charge >= 0.3 is 0 Å². The maximum Gasteiger partial charge on any atom is 0.257 e. The first-order valence-corrected chi connectivity index (χ1v) is 6.59. The van der Waals surface area contributed by atoms with Crippen LogP contribution in [0.25, 0.3) is 0 Å². The van der Waals surface area contributed by atoms with E-state index in [1.54, 1.807) is 18.2 Å². The predicted octanol–water partition coefficient (Wildman–Crippen LogP) is 3.38. The first-order valence-electron chi connectivity index (χ1n) is 6.21. The number of nitrogen functional groups attached to an aromatic ring is 1. The van der Waals surface area contributed by atoms with Crippen molar-refractivity contribution in [2.45, 2.75) is 0 Å². The van der Waals surface area contributed by atoms with Gasteiger partial charge < -0.3 is 16.0 Å². The summed E-state index contributed by atoms with van der Waals surface area (Å²) in [6, 6.07) is 8.83. The van der Waals surface area contributed by atoms with E-state index in [-0.39, 0.29) is 11.3 Å². The zero-order valence-electron chi connectivity index (χ0n) is 11.7. The normalized spacial score (nSPS) is 10.3. The molecular formula is C15H15ClFN3O. The van der Waals surface area contributed by atoms with Gasteiger partial charge in [0.05, 0.1) is 16.9 Å². The van der Waals surface area contributed by atoms with E-state index in [1.807, 2.05) is 19.0 Å². The molecule has 0 aromatic heterocycles. The van der Waals surface area contributed by atoms with E-state index < -0.39 is 11.7 Å². The standard InChI is InChI=1S/C15H15ClFN3O/c1-20(2)14-6-3-9(16)7-13(14)19-15(21)11-5-4-10(17)8-12(11)18/h3-8H,18H2,1-2H3,(H,19,21). The fourth-order valence-corrected chi connectivity index (χ4v) is 2.10. The molecule has 0 radical (unpaired) electrons. The van der Waals surface area contributed by atoms with E-state index in [0.717, 1.165) is 11.8 Å². The SMILES string of the molecule is CN(C)c1ccc(Cl)cc1NC(=O)c1ccc(F)cc1N. The molecule has 0 aliphatic rings. The zero-order chi connectivity index (χ0) is 15.6. The number of anilines is 3. The molecule has 2 aromatic carbocycles. The van der Waals surface area contributed by atoms with Gasteiger partial charge in [0, 0.05) is 24.8 Å². The Morgan fingerprint density at radius 3 is 2.57 bits per heavy atom. The highest BCUT2D eigenvalue weighted by Crippen LogP contribution is 2.28. The summed E-state index contributed by atoms with van der Waals surface area (Å²) in [4.78, 5) is 14.1. The molecule has 0 fully saturated rings. The van der Waals surface area contributed by atoms with E-state index in [1.165, 1.54) is 12.1 Å². The molecule has 3 N–H and O–H groups in total. The molecule has 1 amide bonds. The highest BCUT2D eigenvalue weighted by atomic mass is 35.5. The van der Waals surface area contributed by atoms with Gasteiger partial charge in [0.2, 0.25) is 0 Å².